The maximum Gasteiger partial charge on any atom is 0.223 e. The molecule has 1 aliphatic carbocycles. The Kier molecular flexibility index (Phi) is 2.44. The molecule has 0 aromatic rings. The number of hydrogen-bond donors (Lipinski definition) is 1. The van der Waals surface area contributed by atoms with Gasteiger partial charge >= 0.3 is 0 Å². The van der Waals surface area contributed by atoms with Crippen LogP contribution in [0.5, 0.6) is 0 Å². The van der Waals surface area contributed by atoms with Crippen LogP contribution in [0.2, 0.25) is 0 Å². The second kappa shape index (κ2) is 3.59. The highest BCUT2D eigenvalue weighted by Gasteiger charge is 2.37. The van der Waals surface area contributed by atoms with Gasteiger partial charge in [-0.1, -0.05) is 12.8 Å². The Labute approximate surface area is 83.4 Å². The normalized spacial score (nSPS) is 28.7. The minimum atomic E-state index is -0.334. The molecule has 0 spiro atoms. The van der Waals surface area contributed by atoms with Crippen molar-refractivity contribution in [3.63, 3.8) is 0 Å². The number of primary amides is 1. The summed E-state index contributed by atoms with van der Waals surface area (Å²) in [7, 11) is 0. The average Bonchev–Trinajstić information content (AvgIpc) is 2.71. The van der Waals surface area contributed by atoms with Crippen molar-refractivity contribution in [2.45, 2.75) is 38.1 Å². The largest absolute Gasteiger partial charge is 0.369 e. The van der Waals surface area contributed by atoms with Crippen LogP contribution in [-0.2, 0) is 9.59 Å². The zero-order chi connectivity index (χ0) is 10.1. The van der Waals surface area contributed by atoms with Gasteiger partial charge in [0.2, 0.25) is 11.8 Å². The van der Waals surface area contributed by atoms with Gasteiger partial charge in [-0.15, -0.1) is 0 Å². The van der Waals surface area contributed by atoms with Crippen LogP contribution < -0.4 is 5.73 Å². The van der Waals surface area contributed by atoms with Crippen molar-refractivity contribution in [3.8, 4) is 0 Å². The molecule has 2 amide bonds. The highest BCUT2D eigenvalue weighted by atomic mass is 16.2. The molecule has 4 nitrogen and oxygen atoms in total. The van der Waals surface area contributed by atoms with Crippen LogP contribution in [0.4, 0.5) is 0 Å². The minimum absolute atomic E-state index is 0.112. The first kappa shape index (κ1) is 9.49. The first-order valence-corrected chi connectivity index (χ1v) is 5.27. The number of nitrogens with two attached hydrogens (primary N) is 1. The molecular formula is C10H16N2O2. The van der Waals surface area contributed by atoms with E-state index < -0.39 is 0 Å². The lowest BCUT2D eigenvalue weighted by molar-refractivity contribution is -0.130. The highest BCUT2D eigenvalue weighted by Crippen LogP contribution is 2.29. The summed E-state index contributed by atoms with van der Waals surface area (Å²) in [4.78, 5) is 24.4. The molecule has 2 N–H and O–H groups in total. The molecule has 1 saturated heterocycles. The molecule has 1 atom stereocenters. The number of amides is 2. The van der Waals surface area contributed by atoms with Gasteiger partial charge in [-0.05, 0) is 12.8 Å². The van der Waals surface area contributed by atoms with Crippen LogP contribution in [0.3, 0.4) is 0 Å². The highest BCUT2D eigenvalue weighted by molar-refractivity contribution is 5.88. The van der Waals surface area contributed by atoms with Gasteiger partial charge < -0.3 is 10.6 Å². The summed E-state index contributed by atoms with van der Waals surface area (Å²) >= 11 is 0. The van der Waals surface area contributed by atoms with Crippen molar-refractivity contribution in [1.29, 1.82) is 0 Å². The van der Waals surface area contributed by atoms with Gasteiger partial charge in [0, 0.05) is 19.0 Å². The van der Waals surface area contributed by atoms with E-state index in [0.29, 0.717) is 19.0 Å². The van der Waals surface area contributed by atoms with E-state index in [0.717, 1.165) is 12.8 Å². The zero-order valence-corrected chi connectivity index (χ0v) is 8.24. The Morgan fingerprint density at radius 3 is 2.50 bits per heavy atom. The maximum absolute atomic E-state index is 11.6. The number of nitrogens with zero attached hydrogens (tertiary/aromatic N) is 1. The van der Waals surface area contributed by atoms with Crippen molar-refractivity contribution in [2.75, 3.05) is 6.54 Å². The summed E-state index contributed by atoms with van der Waals surface area (Å²) in [5.74, 6) is -0.470. The predicted molar refractivity (Wildman–Crippen MR) is 51.3 cm³/mol. The third-order valence-electron chi connectivity index (χ3n) is 3.33. The van der Waals surface area contributed by atoms with E-state index in [1.54, 1.807) is 0 Å². The fourth-order valence-electron chi connectivity index (χ4n) is 2.49. The quantitative estimate of drug-likeness (QED) is 0.688. The van der Waals surface area contributed by atoms with Gasteiger partial charge in [-0.2, -0.15) is 0 Å². The van der Waals surface area contributed by atoms with Crippen LogP contribution in [0.25, 0.3) is 0 Å². The van der Waals surface area contributed by atoms with Crippen LogP contribution in [-0.4, -0.2) is 29.3 Å². The van der Waals surface area contributed by atoms with Crippen molar-refractivity contribution >= 4 is 11.8 Å². The van der Waals surface area contributed by atoms with E-state index in [1.165, 1.54) is 12.8 Å². The van der Waals surface area contributed by atoms with Crippen molar-refractivity contribution in [3.05, 3.63) is 0 Å². The van der Waals surface area contributed by atoms with Crippen molar-refractivity contribution in [1.82, 2.24) is 4.90 Å². The molecule has 0 aromatic carbocycles. The van der Waals surface area contributed by atoms with E-state index in [1.807, 2.05) is 4.90 Å². The van der Waals surface area contributed by atoms with E-state index in [4.69, 9.17) is 5.73 Å². The van der Waals surface area contributed by atoms with Crippen LogP contribution in [0.15, 0.2) is 0 Å². The lowest BCUT2D eigenvalue weighted by Gasteiger charge is -2.23. The molecule has 4 heteroatoms. The summed E-state index contributed by atoms with van der Waals surface area (Å²) < 4.78 is 0. The van der Waals surface area contributed by atoms with Gasteiger partial charge in [0.15, 0.2) is 0 Å². The molecule has 0 aromatic heterocycles. The van der Waals surface area contributed by atoms with Crippen molar-refractivity contribution < 1.29 is 9.59 Å². The fourth-order valence-corrected chi connectivity index (χ4v) is 2.49. The van der Waals surface area contributed by atoms with Crippen molar-refractivity contribution in [2.24, 2.45) is 11.7 Å². The number of likely N-dealkylation sites (tertiary alicyclic amines) is 1. The predicted octanol–water partition coefficient (Wildman–Crippen LogP) is 0.263. The maximum atomic E-state index is 11.6. The first-order chi connectivity index (χ1) is 6.68. The summed E-state index contributed by atoms with van der Waals surface area (Å²) in [6.45, 7) is 0.554. The Hall–Kier alpha value is -1.06. The summed E-state index contributed by atoms with van der Waals surface area (Å²) in [6.07, 6.45) is 4.92. The molecule has 0 radical (unpaired) electrons. The Morgan fingerprint density at radius 2 is 2.00 bits per heavy atom. The SMILES string of the molecule is NC(=O)[C@@H]1CC(=O)N(C2CCCC2)C1. The third-order valence-corrected chi connectivity index (χ3v) is 3.33. The van der Waals surface area contributed by atoms with Gasteiger partial charge in [0.05, 0.1) is 5.92 Å². The molecule has 14 heavy (non-hydrogen) atoms. The molecule has 1 aliphatic heterocycles. The topological polar surface area (TPSA) is 63.4 Å². The standard InChI is InChI=1S/C10H16N2O2/c11-10(14)7-5-9(13)12(6-7)8-3-1-2-4-8/h7-8H,1-6H2,(H2,11,14)/t7-/m1/s1. The number of hydrogen-bond acceptors (Lipinski definition) is 2. The third kappa shape index (κ3) is 1.61. The van der Waals surface area contributed by atoms with Gasteiger partial charge in [-0.3, -0.25) is 9.59 Å². The number of carbonyl (C=O) groups excluding carboxylic acids is 2. The Balaban J connectivity index is 2.00. The van der Waals surface area contributed by atoms with Crippen LogP contribution >= 0.6 is 0 Å². The number of rotatable bonds is 2. The average molecular weight is 196 g/mol. The summed E-state index contributed by atoms with van der Waals surface area (Å²) in [5.41, 5.74) is 5.20. The van der Waals surface area contributed by atoms with Gasteiger partial charge in [0.25, 0.3) is 0 Å². The van der Waals surface area contributed by atoms with Gasteiger partial charge in [-0.25, -0.2) is 0 Å². The molecule has 0 unspecified atom stereocenters. The molecule has 0 bridgehead atoms. The molecule has 2 rings (SSSR count). The smallest absolute Gasteiger partial charge is 0.223 e. The monoisotopic (exact) mass is 196 g/mol. The lowest BCUT2D eigenvalue weighted by atomic mass is 10.1. The zero-order valence-electron chi connectivity index (χ0n) is 8.24. The fraction of sp³-hybridized carbons (Fsp3) is 0.800. The van der Waals surface area contributed by atoms with Crippen LogP contribution in [0.1, 0.15) is 32.1 Å². The second-order valence-corrected chi connectivity index (χ2v) is 4.29. The summed E-state index contributed by atoms with van der Waals surface area (Å²) in [6, 6.07) is 0.381. The molecular weight excluding hydrogens is 180 g/mol. The molecule has 2 fully saturated rings. The lowest BCUT2D eigenvalue weighted by Crippen LogP contribution is -2.35. The molecule has 78 valence electrons. The molecule has 1 heterocycles. The van der Waals surface area contributed by atoms with E-state index in [2.05, 4.69) is 0 Å². The van der Waals surface area contributed by atoms with Crippen LogP contribution in [0, 0.1) is 5.92 Å². The minimum Gasteiger partial charge on any atom is -0.369 e. The Bertz CT molecular complexity index is 259. The van der Waals surface area contributed by atoms with Gasteiger partial charge in [0.1, 0.15) is 0 Å². The molecule has 2 aliphatic rings. The first-order valence-electron chi connectivity index (χ1n) is 5.27. The van der Waals surface area contributed by atoms with E-state index in [-0.39, 0.29) is 17.7 Å². The summed E-state index contributed by atoms with van der Waals surface area (Å²) in [5, 5.41) is 0. The molecule has 1 saturated carbocycles. The number of carbonyl (C=O) groups is 2. The van der Waals surface area contributed by atoms with E-state index in [9.17, 15) is 9.59 Å². The Morgan fingerprint density at radius 1 is 1.36 bits per heavy atom. The van der Waals surface area contributed by atoms with E-state index >= 15 is 0 Å². The second-order valence-electron chi connectivity index (χ2n) is 4.29.